The van der Waals surface area contributed by atoms with E-state index in [1.807, 2.05) is 6.92 Å². The number of nitrogens with zero attached hydrogens (tertiary/aromatic N) is 2. The third kappa shape index (κ3) is 3.03. The van der Waals surface area contributed by atoms with Crippen LogP contribution >= 0.6 is 0 Å². The summed E-state index contributed by atoms with van der Waals surface area (Å²) in [7, 11) is -3.66. The second-order valence-electron chi connectivity index (χ2n) is 4.19. The van der Waals surface area contributed by atoms with Crippen molar-refractivity contribution in [3.63, 3.8) is 0 Å². The summed E-state index contributed by atoms with van der Waals surface area (Å²) in [6.45, 7) is 5.47. The summed E-state index contributed by atoms with van der Waals surface area (Å²) in [6.07, 6.45) is 2.91. The molecule has 92 valence electrons. The molecule has 0 fully saturated rings. The lowest BCUT2D eigenvalue weighted by molar-refractivity contribution is 0.208. The standard InChI is InChI=1S/C9H17N3O3S/c1-4-12-5-8(10-7-12)16(14,15)11-9(2,3)6-13/h5,7,11,13H,4,6H2,1-3H3. The Balaban J connectivity index is 2.94. The van der Waals surface area contributed by atoms with Gasteiger partial charge in [-0.1, -0.05) is 0 Å². The SMILES string of the molecule is CCn1cnc(S(=O)(=O)NC(C)(C)CO)c1. The molecule has 0 amide bonds. The average Bonchev–Trinajstić information content (AvgIpc) is 2.65. The number of aliphatic hydroxyl groups is 1. The summed E-state index contributed by atoms with van der Waals surface area (Å²) in [5.74, 6) is 0. The van der Waals surface area contributed by atoms with Crippen LogP contribution in [0.2, 0.25) is 0 Å². The molecule has 0 atom stereocenters. The molecule has 0 bridgehead atoms. The van der Waals surface area contributed by atoms with Gasteiger partial charge in [0.15, 0.2) is 5.03 Å². The number of hydrogen-bond donors (Lipinski definition) is 2. The second-order valence-corrected chi connectivity index (χ2v) is 5.82. The van der Waals surface area contributed by atoms with Crippen molar-refractivity contribution in [3.05, 3.63) is 12.5 Å². The van der Waals surface area contributed by atoms with Crippen molar-refractivity contribution in [2.75, 3.05) is 6.61 Å². The summed E-state index contributed by atoms with van der Waals surface area (Å²) in [5.41, 5.74) is -0.894. The van der Waals surface area contributed by atoms with Crippen LogP contribution in [0.1, 0.15) is 20.8 Å². The van der Waals surface area contributed by atoms with Gasteiger partial charge in [0.2, 0.25) is 0 Å². The van der Waals surface area contributed by atoms with Crippen molar-refractivity contribution < 1.29 is 13.5 Å². The van der Waals surface area contributed by atoms with Gasteiger partial charge in [0, 0.05) is 12.7 Å². The van der Waals surface area contributed by atoms with Gasteiger partial charge in [-0.25, -0.2) is 18.1 Å². The second kappa shape index (κ2) is 4.52. The van der Waals surface area contributed by atoms with E-state index in [4.69, 9.17) is 5.11 Å². The van der Waals surface area contributed by atoms with Crippen molar-refractivity contribution in [2.45, 2.75) is 37.9 Å². The van der Waals surface area contributed by atoms with E-state index >= 15 is 0 Å². The van der Waals surface area contributed by atoms with Crippen LogP contribution in [0.15, 0.2) is 17.6 Å². The maximum absolute atomic E-state index is 11.8. The van der Waals surface area contributed by atoms with Crippen LogP contribution in [0.5, 0.6) is 0 Å². The van der Waals surface area contributed by atoms with E-state index in [1.54, 1.807) is 18.4 Å². The first kappa shape index (κ1) is 13.1. The van der Waals surface area contributed by atoms with Crippen LogP contribution in [0, 0.1) is 0 Å². The van der Waals surface area contributed by atoms with E-state index < -0.39 is 15.6 Å². The number of aliphatic hydroxyl groups excluding tert-OH is 1. The van der Waals surface area contributed by atoms with Crippen LogP contribution in [-0.4, -0.2) is 35.2 Å². The molecule has 1 aromatic rings. The molecular weight excluding hydrogens is 230 g/mol. The maximum Gasteiger partial charge on any atom is 0.260 e. The van der Waals surface area contributed by atoms with Gasteiger partial charge < -0.3 is 9.67 Å². The van der Waals surface area contributed by atoms with E-state index in [2.05, 4.69) is 9.71 Å². The number of aryl methyl sites for hydroxylation is 1. The Morgan fingerprint density at radius 3 is 2.62 bits per heavy atom. The molecule has 0 aromatic carbocycles. The van der Waals surface area contributed by atoms with Crippen molar-refractivity contribution >= 4 is 10.0 Å². The lowest BCUT2D eigenvalue weighted by Crippen LogP contribution is -2.46. The van der Waals surface area contributed by atoms with E-state index in [-0.39, 0.29) is 11.6 Å². The van der Waals surface area contributed by atoms with E-state index in [0.717, 1.165) is 0 Å². The summed E-state index contributed by atoms with van der Waals surface area (Å²) < 4.78 is 27.7. The molecule has 0 spiro atoms. The van der Waals surface area contributed by atoms with Crippen LogP contribution < -0.4 is 4.72 Å². The molecule has 6 nitrogen and oxygen atoms in total. The Labute approximate surface area is 95.4 Å². The molecule has 0 aliphatic carbocycles. The fourth-order valence-electron chi connectivity index (χ4n) is 1.10. The minimum atomic E-state index is -3.66. The molecule has 0 radical (unpaired) electrons. The van der Waals surface area contributed by atoms with Crippen LogP contribution in [-0.2, 0) is 16.6 Å². The minimum Gasteiger partial charge on any atom is -0.394 e. The summed E-state index contributed by atoms with van der Waals surface area (Å²) >= 11 is 0. The average molecular weight is 247 g/mol. The van der Waals surface area contributed by atoms with Gasteiger partial charge >= 0.3 is 0 Å². The van der Waals surface area contributed by atoms with E-state index in [9.17, 15) is 8.42 Å². The molecule has 0 aliphatic heterocycles. The Bertz CT molecular complexity index is 450. The molecule has 2 N–H and O–H groups in total. The Morgan fingerprint density at radius 2 is 2.19 bits per heavy atom. The number of hydrogen-bond acceptors (Lipinski definition) is 4. The molecule has 0 unspecified atom stereocenters. The zero-order valence-electron chi connectivity index (χ0n) is 9.64. The fraction of sp³-hybridized carbons (Fsp3) is 0.667. The van der Waals surface area contributed by atoms with Gasteiger partial charge in [0.1, 0.15) is 0 Å². The van der Waals surface area contributed by atoms with Gasteiger partial charge in [0.05, 0.1) is 18.5 Å². The Hall–Kier alpha value is -0.920. The van der Waals surface area contributed by atoms with Crippen molar-refractivity contribution in [1.82, 2.24) is 14.3 Å². The highest BCUT2D eigenvalue weighted by Crippen LogP contribution is 2.10. The predicted molar refractivity (Wildman–Crippen MR) is 59.4 cm³/mol. The first-order valence-corrected chi connectivity index (χ1v) is 6.45. The van der Waals surface area contributed by atoms with Crippen LogP contribution in [0.3, 0.4) is 0 Å². The monoisotopic (exact) mass is 247 g/mol. The van der Waals surface area contributed by atoms with E-state index in [1.165, 1.54) is 12.5 Å². The highest BCUT2D eigenvalue weighted by atomic mass is 32.2. The molecule has 0 saturated carbocycles. The van der Waals surface area contributed by atoms with Gasteiger partial charge in [-0.05, 0) is 20.8 Å². The summed E-state index contributed by atoms with van der Waals surface area (Å²) in [4.78, 5) is 3.81. The van der Waals surface area contributed by atoms with Crippen LogP contribution in [0.25, 0.3) is 0 Å². The summed E-state index contributed by atoms with van der Waals surface area (Å²) in [5, 5.41) is 8.97. The van der Waals surface area contributed by atoms with Crippen molar-refractivity contribution in [2.24, 2.45) is 0 Å². The highest BCUT2D eigenvalue weighted by molar-refractivity contribution is 7.89. The number of aromatic nitrogens is 2. The molecule has 1 rings (SSSR count). The molecule has 1 aromatic heterocycles. The van der Waals surface area contributed by atoms with E-state index in [0.29, 0.717) is 6.54 Å². The lowest BCUT2D eigenvalue weighted by atomic mass is 10.1. The number of imidazole rings is 1. The smallest absolute Gasteiger partial charge is 0.260 e. The number of sulfonamides is 1. The third-order valence-electron chi connectivity index (χ3n) is 2.06. The summed E-state index contributed by atoms with van der Waals surface area (Å²) in [6, 6.07) is 0. The molecule has 16 heavy (non-hydrogen) atoms. The fourth-order valence-corrected chi connectivity index (χ4v) is 2.46. The first-order chi connectivity index (χ1) is 7.30. The number of rotatable bonds is 5. The largest absolute Gasteiger partial charge is 0.394 e. The van der Waals surface area contributed by atoms with Crippen molar-refractivity contribution in [3.8, 4) is 0 Å². The molecule has 0 saturated heterocycles. The maximum atomic E-state index is 11.8. The third-order valence-corrected chi connectivity index (χ3v) is 3.64. The minimum absolute atomic E-state index is 0.0316. The number of nitrogens with one attached hydrogen (secondary N) is 1. The Kier molecular flexibility index (Phi) is 3.72. The zero-order valence-corrected chi connectivity index (χ0v) is 10.5. The van der Waals surface area contributed by atoms with Crippen molar-refractivity contribution in [1.29, 1.82) is 0 Å². The van der Waals surface area contributed by atoms with Gasteiger partial charge in [-0.15, -0.1) is 0 Å². The normalized spacial score (nSPS) is 13.0. The molecule has 0 aliphatic rings. The first-order valence-electron chi connectivity index (χ1n) is 4.97. The molecular formula is C9H17N3O3S. The quantitative estimate of drug-likeness (QED) is 0.764. The molecule has 1 heterocycles. The molecule has 7 heteroatoms. The predicted octanol–water partition coefficient (Wildman–Crippen LogP) is -0.0478. The Morgan fingerprint density at radius 1 is 1.56 bits per heavy atom. The topological polar surface area (TPSA) is 84.2 Å². The van der Waals surface area contributed by atoms with Gasteiger partial charge in [-0.3, -0.25) is 0 Å². The zero-order chi connectivity index (χ0) is 12.4. The van der Waals surface area contributed by atoms with Gasteiger partial charge in [-0.2, -0.15) is 0 Å². The highest BCUT2D eigenvalue weighted by Gasteiger charge is 2.26. The lowest BCUT2D eigenvalue weighted by Gasteiger charge is -2.22. The van der Waals surface area contributed by atoms with Crippen LogP contribution in [0.4, 0.5) is 0 Å². The van der Waals surface area contributed by atoms with Gasteiger partial charge in [0.25, 0.3) is 10.0 Å².